The molecule has 2 aromatic heterocycles. The third-order valence-electron chi connectivity index (χ3n) is 7.40. The monoisotopic (exact) mass is 537 g/mol. The zero-order chi connectivity index (χ0) is 27.6. The Balaban J connectivity index is 1.77. The molecule has 1 aliphatic rings. The summed E-state index contributed by atoms with van der Waals surface area (Å²) in [6.45, 7) is 7.73. The Hall–Kier alpha value is -3.33. The third-order valence-corrected chi connectivity index (χ3v) is 8.10. The fourth-order valence-corrected chi connectivity index (χ4v) is 5.70. The zero-order valence-corrected chi connectivity index (χ0v) is 23.4. The summed E-state index contributed by atoms with van der Waals surface area (Å²) in [6, 6.07) is 13.6. The van der Waals surface area contributed by atoms with Crippen molar-refractivity contribution in [1.82, 2.24) is 24.2 Å². The second-order valence-corrected chi connectivity index (χ2v) is 11.8. The van der Waals surface area contributed by atoms with E-state index >= 15 is 0 Å². The molecule has 0 radical (unpaired) electrons. The lowest BCUT2D eigenvalue weighted by molar-refractivity contribution is 0.0938. The number of hydrogen-bond donors (Lipinski definition) is 1. The minimum atomic E-state index is -3.38. The fraction of sp³-hybridized carbons (Fsp3) is 0.481. The van der Waals surface area contributed by atoms with Crippen molar-refractivity contribution < 1.29 is 8.42 Å². The summed E-state index contributed by atoms with van der Waals surface area (Å²) in [5, 5.41) is 9.46. The van der Waals surface area contributed by atoms with Gasteiger partial charge in [0.25, 0.3) is 0 Å². The highest BCUT2D eigenvalue weighted by Crippen LogP contribution is 2.33. The SMILES string of the molecule is CC[C@H]1CN(C(CNS(C)(=O)=O)c2ccc(C)cc2)[C@H](CC)CN1c1nc(=O)n(C)c2ccc(C#N)nc12. The number of benzene rings is 1. The van der Waals surface area contributed by atoms with Gasteiger partial charge in [0.15, 0.2) is 5.82 Å². The van der Waals surface area contributed by atoms with Crippen molar-refractivity contribution in [3.63, 3.8) is 0 Å². The van der Waals surface area contributed by atoms with Crippen LogP contribution in [0.15, 0.2) is 41.2 Å². The molecule has 1 aliphatic heterocycles. The summed E-state index contributed by atoms with van der Waals surface area (Å²) in [5.74, 6) is 0.492. The van der Waals surface area contributed by atoms with Gasteiger partial charge in [-0.1, -0.05) is 43.7 Å². The van der Waals surface area contributed by atoms with Gasteiger partial charge in [0.05, 0.1) is 11.8 Å². The molecule has 0 bridgehead atoms. The number of sulfonamides is 1. The Morgan fingerprint density at radius 1 is 1.08 bits per heavy atom. The predicted molar refractivity (Wildman–Crippen MR) is 148 cm³/mol. The maximum atomic E-state index is 12.8. The maximum Gasteiger partial charge on any atom is 0.349 e. The van der Waals surface area contributed by atoms with E-state index in [-0.39, 0.29) is 36.1 Å². The molecule has 1 saturated heterocycles. The second-order valence-electron chi connectivity index (χ2n) is 9.97. The summed E-state index contributed by atoms with van der Waals surface area (Å²) in [5.41, 5.74) is 3.23. The van der Waals surface area contributed by atoms with Crippen molar-refractivity contribution in [2.75, 3.05) is 30.8 Å². The van der Waals surface area contributed by atoms with Gasteiger partial charge in [-0.15, -0.1) is 0 Å². The van der Waals surface area contributed by atoms with Gasteiger partial charge in [-0.25, -0.2) is 22.9 Å². The summed E-state index contributed by atoms with van der Waals surface area (Å²) in [7, 11) is -1.73. The molecular weight excluding hydrogens is 502 g/mol. The van der Waals surface area contributed by atoms with Gasteiger partial charge in [-0.3, -0.25) is 9.47 Å². The third kappa shape index (κ3) is 5.72. The van der Waals surface area contributed by atoms with Crippen molar-refractivity contribution in [3.8, 4) is 6.07 Å². The largest absolute Gasteiger partial charge is 0.349 e. The Bertz CT molecular complexity index is 1510. The van der Waals surface area contributed by atoms with E-state index in [0.29, 0.717) is 29.9 Å². The van der Waals surface area contributed by atoms with Crippen LogP contribution >= 0.6 is 0 Å². The van der Waals surface area contributed by atoms with Gasteiger partial charge in [0.2, 0.25) is 10.0 Å². The molecule has 3 aromatic rings. The van der Waals surface area contributed by atoms with Crippen LogP contribution in [0.5, 0.6) is 0 Å². The van der Waals surface area contributed by atoms with E-state index < -0.39 is 10.0 Å². The molecule has 38 heavy (non-hydrogen) atoms. The Morgan fingerprint density at radius 3 is 2.37 bits per heavy atom. The standard InChI is InChI=1S/C27H35N7O3S/c1-6-21-17-34(26-25-23(32(4)27(35)31-26)13-12-20(14-28)30-25)22(7-2)16-33(21)24(15-29-38(5,36)37)19-10-8-18(3)9-11-19/h8-13,21-22,24,29H,6-7,15-17H2,1-5H3/t21-,22+,24?/m1/s1. The van der Waals surface area contributed by atoms with Crippen LogP contribution in [0.2, 0.25) is 0 Å². The lowest BCUT2D eigenvalue weighted by atomic mass is 9.95. The molecule has 3 heterocycles. The number of hydrogen-bond acceptors (Lipinski definition) is 8. The average molecular weight is 538 g/mol. The number of pyridine rings is 1. The Kier molecular flexibility index (Phi) is 8.16. The van der Waals surface area contributed by atoms with Crippen LogP contribution in [-0.4, -0.2) is 65.8 Å². The van der Waals surface area contributed by atoms with Crippen LogP contribution in [0, 0.1) is 18.3 Å². The lowest BCUT2D eigenvalue weighted by Crippen LogP contribution is -2.60. The van der Waals surface area contributed by atoms with Gasteiger partial charge in [-0.2, -0.15) is 10.2 Å². The quantitative estimate of drug-likeness (QED) is 0.465. The molecule has 10 nitrogen and oxygen atoms in total. The number of nitriles is 1. The van der Waals surface area contributed by atoms with E-state index in [0.717, 1.165) is 24.0 Å². The molecule has 3 atom stereocenters. The maximum absolute atomic E-state index is 12.8. The van der Waals surface area contributed by atoms with Crippen LogP contribution in [0.3, 0.4) is 0 Å². The number of piperazine rings is 1. The normalized spacial score (nSPS) is 19.4. The minimum absolute atomic E-state index is 0.000620. The van der Waals surface area contributed by atoms with Gasteiger partial charge in [0, 0.05) is 44.8 Å². The predicted octanol–water partition coefficient (Wildman–Crippen LogP) is 2.48. The van der Waals surface area contributed by atoms with Crippen LogP contribution in [-0.2, 0) is 17.1 Å². The zero-order valence-electron chi connectivity index (χ0n) is 22.5. The van der Waals surface area contributed by atoms with Crippen LogP contribution in [0.1, 0.15) is 49.6 Å². The summed E-state index contributed by atoms with van der Waals surface area (Å²) < 4.78 is 28.3. The highest BCUT2D eigenvalue weighted by Gasteiger charge is 2.38. The van der Waals surface area contributed by atoms with E-state index in [1.807, 2.05) is 19.1 Å². The second kappa shape index (κ2) is 11.2. The number of nitrogens with zero attached hydrogens (tertiary/aromatic N) is 6. The van der Waals surface area contributed by atoms with Crippen molar-refractivity contribution in [1.29, 1.82) is 5.26 Å². The van der Waals surface area contributed by atoms with Crippen LogP contribution in [0.4, 0.5) is 5.82 Å². The molecule has 4 rings (SSSR count). The summed E-state index contributed by atoms with van der Waals surface area (Å²) in [4.78, 5) is 26.3. The summed E-state index contributed by atoms with van der Waals surface area (Å²) >= 11 is 0. The number of nitrogens with one attached hydrogen (secondary N) is 1. The smallest absolute Gasteiger partial charge is 0.349 e. The molecule has 202 valence electrons. The first-order valence-electron chi connectivity index (χ1n) is 12.9. The van der Waals surface area contributed by atoms with E-state index in [1.165, 1.54) is 10.8 Å². The highest BCUT2D eigenvalue weighted by molar-refractivity contribution is 7.88. The van der Waals surface area contributed by atoms with E-state index in [2.05, 4.69) is 56.5 Å². The molecule has 1 unspecified atom stereocenters. The molecule has 0 spiro atoms. The van der Waals surface area contributed by atoms with Crippen LogP contribution < -0.4 is 15.3 Å². The average Bonchev–Trinajstić information content (AvgIpc) is 2.90. The highest BCUT2D eigenvalue weighted by atomic mass is 32.2. The van der Waals surface area contributed by atoms with Gasteiger partial charge in [-0.05, 0) is 37.5 Å². The molecule has 1 N–H and O–H groups in total. The summed E-state index contributed by atoms with van der Waals surface area (Å²) in [6.07, 6.45) is 2.77. The first-order valence-corrected chi connectivity index (χ1v) is 14.8. The van der Waals surface area contributed by atoms with E-state index in [9.17, 15) is 18.5 Å². The number of anilines is 1. The number of rotatable bonds is 8. The lowest BCUT2D eigenvalue weighted by Gasteiger charge is -2.49. The molecule has 0 amide bonds. The molecule has 1 aromatic carbocycles. The molecule has 0 saturated carbocycles. The number of aromatic nitrogens is 3. The van der Waals surface area contributed by atoms with Gasteiger partial charge < -0.3 is 4.90 Å². The molecular formula is C27H35N7O3S. The fourth-order valence-electron chi connectivity index (χ4n) is 5.24. The topological polar surface area (TPSA) is 124 Å². The molecule has 11 heteroatoms. The molecule has 0 aliphatic carbocycles. The van der Waals surface area contributed by atoms with Crippen molar-refractivity contribution in [3.05, 3.63) is 63.7 Å². The van der Waals surface area contributed by atoms with Crippen molar-refractivity contribution in [2.24, 2.45) is 7.05 Å². The number of fused-ring (bicyclic) bond motifs is 1. The van der Waals surface area contributed by atoms with Gasteiger partial charge >= 0.3 is 5.69 Å². The first kappa shape index (κ1) is 27.7. The Morgan fingerprint density at radius 2 is 1.76 bits per heavy atom. The first-order chi connectivity index (χ1) is 18.1. The van der Waals surface area contributed by atoms with Crippen LogP contribution in [0.25, 0.3) is 11.0 Å². The van der Waals surface area contributed by atoms with E-state index in [1.54, 1.807) is 19.2 Å². The molecule has 1 fully saturated rings. The van der Waals surface area contributed by atoms with E-state index in [4.69, 9.17) is 0 Å². The number of aryl methyl sites for hydroxylation is 2. The Labute approximate surface area is 224 Å². The minimum Gasteiger partial charge on any atom is -0.349 e. The van der Waals surface area contributed by atoms with Crippen molar-refractivity contribution in [2.45, 2.75) is 51.7 Å². The van der Waals surface area contributed by atoms with Gasteiger partial charge in [0.1, 0.15) is 17.3 Å². The van der Waals surface area contributed by atoms with Crippen molar-refractivity contribution >= 4 is 26.9 Å².